The molecule has 1 aromatic heterocycles. The maximum absolute atomic E-state index is 12.3. The minimum absolute atomic E-state index is 0.0939. The molecule has 1 amide bonds. The van der Waals surface area contributed by atoms with Crippen LogP contribution in [0.4, 0.5) is 0 Å². The zero-order chi connectivity index (χ0) is 14.5. The Bertz CT molecular complexity index is 602. The second-order valence-electron chi connectivity index (χ2n) is 4.32. The first-order chi connectivity index (χ1) is 9.61. The molecule has 0 saturated heterocycles. The number of carbonyl (C=O) groups is 1. The molecule has 0 aliphatic carbocycles. The summed E-state index contributed by atoms with van der Waals surface area (Å²) in [5, 5.41) is 2.95. The number of amides is 1. The van der Waals surface area contributed by atoms with E-state index in [0.29, 0.717) is 11.3 Å². The largest absolute Gasteiger partial charge is 0.497 e. The number of carbonyl (C=O) groups excluding carboxylic acids is 1. The smallest absolute Gasteiger partial charge is 0.253 e. The highest BCUT2D eigenvalue weighted by molar-refractivity contribution is 9.10. The highest BCUT2D eigenvalue weighted by Crippen LogP contribution is 2.23. The molecule has 104 valence electrons. The van der Waals surface area contributed by atoms with E-state index in [-0.39, 0.29) is 11.9 Å². The molecule has 5 heteroatoms. The minimum atomic E-state index is -0.153. The van der Waals surface area contributed by atoms with Crippen molar-refractivity contribution in [1.82, 2.24) is 10.3 Å². The van der Waals surface area contributed by atoms with Gasteiger partial charge in [0, 0.05) is 16.9 Å². The van der Waals surface area contributed by atoms with E-state index >= 15 is 0 Å². The van der Waals surface area contributed by atoms with Gasteiger partial charge in [-0.25, -0.2) is 0 Å². The molecule has 0 spiro atoms. The van der Waals surface area contributed by atoms with Crippen LogP contribution in [0.25, 0.3) is 0 Å². The van der Waals surface area contributed by atoms with Crippen LogP contribution in [0.3, 0.4) is 0 Å². The number of nitrogens with one attached hydrogen (secondary N) is 1. The van der Waals surface area contributed by atoms with E-state index in [1.807, 2.05) is 19.1 Å². The van der Waals surface area contributed by atoms with Crippen molar-refractivity contribution in [2.75, 3.05) is 7.11 Å². The van der Waals surface area contributed by atoms with Gasteiger partial charge in [-0.2, -0.15) is 0 Å². The molecule has 0 aliphatic rings. The van der Waals surface area contributed by atoms with Crippen molar-refractivity contribution >= 4 is 21.8 Å². The van der Waals surface area contributed by atoms with Crippen LogP contribution >= 0.6 is 15.9 Å². The molecule has 1 atom stereocenters. The Morgan fingerprint density at radius 3 is 2.65 bits per heavy atom. The predicted molar refractivity (Wildman–Crippen MR) is 80.8 cm³/mol. The number of ether oxygens (including phenoxy) is 1. The van der Waals surface area contributed by atoms with E-state index in [9.17, 15) is 4.79 Å². The fourth-order valence-corrected chi connectivity index (χ4v) is 2.24. The average molecular weight is 335 g/mol. The van der Waals surface area contributed by atoms with Crippen molar-refractivity contribution in [3.8, 4) is 5.75 Å². The zero-order valence-corrected chi connectivity index (χ0v) is 12.8. The lowest BCUT2D eigenvalue weighted by atomic mass is 10.1. The van der Waals surface area contributed by atoms with Crippen LogP contribution in [-0.4, -0.2) is 18.0 Å². The van der Waals surface area contributed by atoms with Crippen molar-refractivity contribution in [1.29, 1.82) is 0 Å². The van der Waals surface area contributed by atoms with Gasteiger partial charge in [0.15, 0.2) is 0 Å². The van der Waals surface area contributed by atoms with Crippen LogP contribution in [0.15, 0.2) is 47.2 Å². The van der Waals surface area contributed by atoms with E-state index in [4.69, 9.17) is 4.74 Å². The van der Waals surface area contributed by atoms with E-state index in [1.165, 1.54) is 0 Å². The number of methoxy groups -OCH3 is 1. The van der Waals surface area contributed by atoms with Crippen molar-refractivity contribution in [2.24, 2.45) is 0 Å². The van der Waals surface area contributed by atoms with Crippen LogP contribution in [0.1, 0.15) is 28.9 Å². The molecule has 1 N–H and O–H groups in total. The molecule has 2 aromatic rings. The number of rotatable bonds is 4. The third-order valence-electron chi connectivity index (χ3n) is 2.97. The SMILES string of the molecule is COc1ccc(Br)c(C(=O)N[C@H](C)c2ccncc2)c1. The van der Waals surface area contributed by atoms with Crippen molar-refractivity contribution < 1.29 is 9.53 Å². The Hall–Kier alpha value is -1.88. The summed E-state index contributed by atoms with van der Waals surface area (Å²) in [6.07, 6.45) is 3.42. The van der Waals surface area contributed by atoms with E-state index in [2.05, 4.69) is 26.2 Å². The summed E-state index contributed by atoms with van der Waals surface area (Å²) in [7, 11) is 1.57. The summed E-state index contributed by atoms with van der Waals surface area (Å²) in [6.45, 7) is 1.93. The first-order valence-corrected chi connectivity index (χ1v) is 6.95. The molecule has 4 nitrogen and oxygen atoms in total. The van der Waals surface area contributed by atoms with Gasteiger partial charge in [0.05, 0.1) is 18.7 Å². The molecule has 0 bridgehead atoms. The summed E-state index contributed by atoms with van der Waals surface area (Å²) in [5.74, 6) is 0.495. The molecule has 20 heavy (non-hydrogen) atoms. The quantitative estimate of drug-likeness (QED) is 0.932. The zero-order valence-electron chi connectivity index (χ0n) is 11.3. The lowest BCUT2D eigenvalue weighted by Crippen LogP contribution is -2.27. The summed E-state index contributed by atoms with van der Waals surface area (Å²) < 4.78 is 5.87. The molecule has 0 radical (unpaired) electrons. The van der Waals surface area contributed by atoms with Gasteiger partial charge in [0.25, 0.3) is 5.91 Å². The fourth-order valence-electron chi connectivity index (χ4n) is 1.82. The summed E-state index contributed by atoms with van der Waals surface area (Å²) in [6, 6.07) is 8.97. The second kappa shape index (κ2) is 6.52. The first kappa shape index (κ1) is 14.5. The minimum Gasteiger partial charge on any atom is -0.497 e. The number of benzene rings is 1. The molecule has 0 unspecified atom stereocenters. The number of aromatic nitrogens is 1. The maximum atomic E-state index is 12.3. The normalized spacial score (nSPS) is 11.8. The maximum Gasteiger partial charge on any atom is 0.253 e. The highest BCUT2D eigenvalue weighted by Gasteiger charge is 2.14. The van der Waals surface area contributed by atoms with Gasteiger partial charge in [0.1, 0.15) is 5.75 Å². The Morgan fingerprint density at radius 2 is 2.00 bits per heavy atom. The third-order valence-corrected chi connectivity index (χ3v) is 3.66. The molecule has 0 fully saturated rings. The van der Waals surface area contributed by atoms with E-state index in [1.54, 1.807) is 37.7 Å². The molecule has 0 aliphatic heterocycles. The van der Waals surface area contributed by atoms with Crippen molar-refractivity contribution in [3.63, 3.8) is 0 Å². The molecular weight excluding hydrogens is 320 g/mol. The number of halogens is 1. The number of hydrogen-bond donors (Lipinski definition) is 1. The first-order valence-electron chi connectivity index (χ1n) is 6.16. The van der Waals surface area contributed by atoms with Crippen LogP contribution in [0.5, 0.6) is 5.75 Å². The summed E-state index contributed by atoms with van der Waals surface area (Å²) >= 11 is 3.38. The third kappa shape index (κ3) is 3.36. The average Bonchev–Trinajstić information content (AvgIpc) is 2.48. The van der Waals surface area contributed by atoms with Gasteiger partial charge < -0.3 is 10.1 Å². The molecule has 1 heterocycles. The Morgan fingerprint density at radius 1 is 1.30 bits per heavy atom. The van der Waals surface area contributed by atoms with Crippen LogP contribution in [-0.2, 0) is 0 Å². The monoisotopic (exact) mass is 334 g/mol. The predicted octanol–water partition coefficient (Wildman–Crippen LogP) is 3.34. The van der Waals surface area contributed by atoms with Gasteiger partial charge in [0.2, 0.25) is 0 Å². The number of nitrogens with zero attached hydrogens (tertiary/aromatic N) is 1. The van der Waals surface area contributed by atoms with Gasteiger partial charge in [-0.1, -0.05) is 0 Å². The lowest BCUT2D eigenvalue weighted by molar-refractivity contribution is 0.0938. The fraction of sp³-hybridized carbons (Fsp3) is 0.200. The molecule has 2 rings (SSSR count). The second-order valence-corrected chi connectivity index (χ2v) is 5.18. The standard InChI is InChI=1S/C15H15BrN2O2/c1-10(11-5-7-17-8-6-11)18-15(19)13-9-12(20-2)3-4-14(13)16/h3-10H,1-2H3,(H,18,19)/t10-/m1/s1. The van der Waals surface area contributed by atoms with Crippen LogP contribution in [0.2, 0.25) is 0 Å². The Labute approximate surface area is 126 Å². The highest BCUT2D eigenvalue weighted by atomic mass is 79.9. The lowest BCUT2D eigenvalue weighted by Gasteiger charge is -2.15. The van der Waals surface area contributed by atoms with Crippen LogP contribution in [0, 0.1) is 0 Å². The van der Waals surface area contributed by atoms with E-state index in [0.717, 1.165) is 10.0 Å². The van der Waals surface area contributed by atoms with Gasteiger partial charge in [-0.15, -0.1) is 0 Å². The topological polar surface area (TPSA) is 51.2 Å². The van der Waals surface area contributed by atoms with Crippen LogP contribution < -0.4 is 10.1 Å². The molecular formula is C15H15BrN2O2. The van der Waals surface area contributed by atoms with E-state index < -0.39 is 0 Å². The number of pyridine rings is 1. The Kier molecular flexibility index (Phi) is 4.74. The number of hydrogen-bond acceptors (Lipinski definition) is 3. The molecule has 0 saturated carbocycles. The Balaban J connectivity index is 2.16. The van der Waals surface area contributed by atoms with Gasteiger partial charge in [-0.3, -0.25) is 9.78 Å². The summed E-state index contributed by atoms with van der Waals surface area (Å²) in [5.41, 5.74) is 1.55. The summed E-state index contributed by atoms with van der Waals surface area (Å²) in [4.78, 5) is 16.3. The van der Waals surface area contributed by atoms with Crippen molar-refractivity contribution in [3.05, 3.63) is 58.3 Å². The van der Waals surface area contributed by atoms with Crippen molar-refractivity contribution in [2.45, 2.75) is 13.0 Å². The molecule has 1 aromatic carbocycles. The van der Waals surface area contributed by atoms with Gasteiger partial charge in [-0.05, 0) is 58.7 Å². The van der Waals surface area contributed by atoms with Gasteiger partial charge >= 0.3 is 0 Å².